The first-order valence-corrected chi connectivity index (χ1v) is 10.7. The molecule has 3 N–H and O–H groups in total. The highest BCUT2D eigenvalue weighted by Gasteiger charge is 2.22. The Morgan fingerprint density at radius 3 is 2.06 bits per heavy atom. The van der Waals surface area contributed by atoms with Crippen LogP contribution in [0.15, 0.2) is 84.9 Å². The number of rotatable bonds is 9. The molecule has 0 saturated carbocycles. The molecule has 0 aliphatic rings. The molecule has 0 aliphatic carbocycles. The zero-order chi connectivity index (χ0) is 23.5. The van der Waals surface area contributed by atoms with E-state index in [0.29, 0.717) is 10.7 Å². The number of amides is 3. The first kappa shape index (κ1) is 23.8. The van der Waals surface area contributed by atoms with E-state index in [1.807, 2.05) is 60.7 Å². The number of anilines is 1. The van der Waals surface area contributed by atoms with E-state index < -0.39 is 23.9 Å². The van der Waals surface area contributed by atoms with Gasteiger partial charge in [-0.05, 0) is 35.4 Å². The van der Waals surface area contributed by atoms with E-state index in [1.165, 1.54) is 0 Å². The highest BCUT2D eigenvalue weighted by Crippen LogP contribution is 2.13. The topological polar surface area (TPSA) is 96.5 Å². The molecule has 0 bridgehead atoms. The van der Waals surface area contributed by atoms with Gasteiger partial charge in [-0.1, -0.05) is 72.3 Å². The van der Waals surface area contributed by atoms with Gasteiger partial charge in [-0.3, -0.25) is 9.59 Å². The fourth-order valence-corrected chi connectivity index (χ4v) is 3.12. The first-order valence-electron chi connectivity index (χ1n) is 10.3. The lowest BCUT2D eigenvalue weighted by atomic mass is 10.1. The van der Waals surface area contributed by atoms with Crippen LogP contribution in [0, 0.1) is 0 Å². The second-order valence-corrected chi connectivity index (χ2v) is 7.66. The van der Waals surface area contributed by atoms with Gasteiger partial charge in [0.25, 0.3) is 0 Å². The molecule has 170 valence electrons. The molecule has 3 rings (SSSR count). The SMILES string of the molecule is O=C(CNC(=O)C(Cc1ccccc1)NC(=O)OCc1ccccc1)Nc1ccc(Cl)cc1. The summed E-state index contributed by atoms with van der Waals surface area (Å²) in [5, 5.41) is 8.38. The molecule has 0 radical (unpaired) electrons. The van der Waals surface area contributed by atoms with Crippen molar-refractivity contribution in [2.45, 2.75) is 19.1 Å². The fraction of sp³-hybridized carbons (Fsp3) is 0.160. The lowest BCUT2D eigenvalue weighted by molar-refractivity contribution is -0.125. The quantitative estimate of drug-likeness (QED) is 0.446. The maximum atomic E-state index is 12.8. The minimum atomic E-state index is -0.918. The average molecular weight is 466 g/mol. The van der Waals surface area contributed by atoms with Crippen LogP contribution >= 0.6 is 11.6 Å². The van der Waals surface area contributed by atoms with E-state index in [-0.39, 0.29) is 19.6 Å². The predicted octanol–water partition coefficient (Wildman–Crippen LogP) is 3.93. The molecule has 7 nitrogen and oxygen atoms in total. The summed E-state index contributed by atoms with van der Waals surface area (Å²) in [6.45, 7) is -0.177. The fourth-order valence-electron chi connectivity index (χ4n) is 3.00. The highest BCUT2D eigenvalue weighted by molar-refractivity contribution is 6.30. The molecule has 1 unspecified atom stereocenters. The molecule has 0 aromatic heterocycles. The molecule has 1 atom stereocenters. The van der Waals surface area contributed by atoms with Gasteiger partial charge in [0.15, 0.2) is 0 Å². The number of hydrogen-bond acceptors (Lipinski definition) is 4. The standard InChI is InChI=1S/C25H24ClN3O4/c26-20-11-13-21(14-12-20)28-23(30)16-27-24(31)22(15-18-7-3-1-4-8-18)29-25(32)33-17-19-9-5-2-6-10-19/h1-14,22H,15-17H2,(H,27,31)(H,28,30)(H,29,32). The summed E-state index contributed by atoms with van der Waals surface area (Å²) in [5.41, 5.74) is 2.24. The monoisotopic (exact) mass is 465 g/mol. The maximum absolute atomic E-state index is 12.8. The van der Waals surface area contributed by atoms with E-state index >= 15 is 0 Å². The van der Waals surface area contributed by atoms with E-state index in [2.05, 4.69) is 16.0 Å². The summed E-state index contributed by atoms with van der Waals surface area (Å²) in [5.74, 6) is -0.905. The summed E-state index contributed by atoms with van der Waals surface area (Å²) < 4.78 is 5.24. The molecular weight excluding hydrogens is 442 g/mol. The number of carbonyl (C=O) groups is 3. The largest absolute Gasteiger partial charge is 0.445 e. The number of nitrogens with one attached hydrogen (secondary N) is 3. The molecule has 0 saturated heterocycles. The van der Waals surface area contributed by atoms with Crippen LogP contribution in [0.4, 0.5) is 10.5 Å². The van der Waals surface area contributed by atoms with Crippen molar-refractivity contribution in [2.24, 2.45) is 0 Å². The van der Waals surface area contributed by atoms with E-state index in [9.17, 15) is 14.4 Å². The van der Waals surface area contributed by atoms with Crippen LogP contribution < -0.4 is 16.0 Å². The lowest BCUT2D eigenvalue weighted by Gasteiger charge is -2.18. The van der Waals surface area contributed by atoms with Gasteiger partial charge in [0, 0.05) is 17.1 Å². The number of hydrogen-bond donors (Lipinski definition) is 3. The van der Waals surface area contributed by atoms with Crippen molar-refractivity contribution in [2.75, 3.05) is 11.9 Å². The van der Waals surface area contributed by atoms with Crippen LogP contribution in [-0.2, 0) is 27.4 Å². The van der Waals surface area contributed by atoms with Crippen LogP contribution in [0.25, 0.3) is 0 Å². The number of benzene rings is 3. The number of ether oxygens (including phenoxy) is 1. The van der Waals surface area contributed by atoms with Crippen molar-refractivity contribution >= 4 is 35.2 Å². The zero-order valence-electron chi connectivity index (χ0n) is 17.8. The highest BCUT2D eigenvalue weighted by atomic mass is 35.5. The second-order valence-electron chi connectivity index (χ2n) is 7.22. The van der Waals surface area contributed by atoms with E-state index in [4.69, 9.17) is 16.3 Å². The zero-order valence-corrected chi connectivity index (χ0v) is 18.5. The van der Waals surface area contributed by atoms with Crippen molar-refractivity contribution in [1.82, 2.24) is 10.6 Å². The van der Waals surface area contributed by atoms with Crippen molar-refractivity contribution < 1.29 is 19.1 Å². The molecule has 0 aliphatic heterocycles. The number of halogens is 1. The second kappa shape index (κ2) is 12.3. The molecule has 0 heterocycles. The minimum absolute atomic E-state index is 0.0792. The van der Waals surface area contributed by atoms with Gasteiger partial charge in [0.2, 0.25) is 11.8 Å². The van der Waals surface area contributed by atoms with Gasteiger partial charge in [-0.15, -0.1) is 0 Å². The minimum Gasteiger partial charge on any atom is -0.445 e. The Kier molecular flexibility index (Phi) is 8.85. The van der Waals surface area contributed by atoms with Gasteiger partial charge >= 0.3 is 6.09 Å². The molecule has 3 aromatic carbocycles. The van der Waals surface area contributed by atoms with Crippen LogP contribution in [-0.4, -0.2) is 30.5 Å². The summed E-state index contributed by atoms with van der Waals surface area (Å²) in [6.07, 6.45) is -0.480. The van der Waals surface area contributed by atoms with Gasteiger partial charge in [-0.25, -0.2) is 4.79 Å². The van der Waals surface area contributed by atoms with Crippen molar-refractivity contribution in [3.63, 3.8) is 0 Å². The predicted molar refractivity (Wildman–Crippen MR) is 127 cm³/mol. The first-order chi connectivity index (χ1) is 16.0. The van der Waals surface area contributed by atoms with Gasteiger partial charge in [0.05, 0.1) is 6.54 Å². The van der Waals surface area contributed by atoms with Gasteiger partial charge < -0.3 is 20.7 Å². The lowest BCUT2D eigenvalue weighted by Crippen LogP contribution is -2.49. The normalized spacial score (nSPS) is 11.2. The average Bonchev–Trinajstić information content (AvgIpc) is 2.83. The summed E-state index contributed by atoms with van der Waals surface area (Å²) in [4.78, 5) is 37.3. The van der Waals surface area contributed by atoms with Gasteiger partial charge in [-0.2, -0.15) is 0 Å². The molecular formula is C25H24ClN3O4. The summed E-state index contributed by atoms with van der Waals surface area (Å²) in [7, 11) is 0. The molecule has 0 fully saturated rings. The Balaban J connectivity index is 1.56. The third-order valence-electron chi connectivity index (χ3n) is 4.66. The van der Waals surface area contributed by atoms with Crippen LogP contribution in [0.2, 0.25) is 5.02 Å². The summed E-state index contributed by atoms with van der Waals surface area (Å²) in [6, 6.07) is 24.2. The number of carbonyl (C=O) groups excluding carboxylic acids is 3. The Morgan fingerprint density at radius 1 is 0.818 bits per heavy atom. The molecule has 3 aromatic rings. The molecule has 3 amide bonds. The van der Waals surface area contributed by atoms with Crippen molar-refractivity contribution in [3.05, 3.63) is 101 Å². The third kappa shape index (κ3) is 8.31. The summed E-state index contributed by atoms with van der Waals surface area (Å²) >= 11 is 5.84. The van der Waals surface area contributed by atoms with E-state index in [1.54, 1.807) is 24.3 Å². The Bertz CT molecular complexity index is 1060. The van der Waals surface area contributed by atoms with Crippen LogP contribution in [0.1, 0.15) is 11.1 Å². The third-order valence-corrected chi connectivity index (χ3v) is 4.91. The van der Waals surface area contributed by atoms with Gasteiger partial charge in [0.1, 0.15) is 12.6 Å². The van der Waals surface area contributed by atoms with Crippen molar-refractivity contribution in [1.29, 1.82) is 0 Å². The molecule has 0 spiro atoms. The number of alkyl carbamates (subject to hydrolysis) is 1. The van der Waals surface area contributed by atoms with Crippen LogP contribution in [0.5, 0.6) is 0 Å². The van der Waals surface area contributed by atoms with Crippen LogP contribution in [0.3, 0.4) is 0 Å². The Morgan fingerprint density at radius 2 is 1.42 bits per heavy atom. The van der Waals surface area contributed by atoms with E-state index in [0.717, 1.165) is 11.1 Å². The smallest absolute Gasteiger partial charge is 0.408 e. The molecule has 33 heavy (non-hydrogen) atoms. The Labute approximate surface area is 197 Å². The maximum Gasteiger partial charge on any atom is 0.408 e. The molecule has 8 heteroatoms. The van der Waals surface area contributed by atoms with Crippen molar-refractivity contribution in [3.8, 4) is 0 Å². The Hall–Kier alpha value is -3.84.